The van der Waals surface area contributed by atoms with Gasteiger partial charge in [0.25, 0.3) is 0 Å². The lowest BCUT2D eigenvalue weighted by molar-refractivity contribution is 0.670. The number of benzene rings is 9. The maximum Gasteiger partial charge on any atom is 0.235 e. The van der Waals surface area contributed by atoms with Gasteiger partial charge < -0.3 is 8.98 Å². The second-order valence-electron chi connectivity index (χ2n) is 15.0. The summed E-state index contributed by atoms with van der Waals surface area (Å²) in [7, 11) is 0. The Bertz CT molecular complexity index is 3830. The number of aromatic nitrogens is 4. The van der Waals surface area contributed by atoms with Crippen LogP contribution in [0, 0.1) is 0 Å². The highest BCUT2D eigenvalue weighted by Gasteiger charge is 2.22. The van der Waals surface area contributed by atoms with E-state index in [2.05, 4.69) is 173 Å². The Morgan fingerprint density at radius 2 is 1.09 bits per heavy atom. The molecular formula is C52H30N4O. The number of para-hydroxylation sites is 4. The maximum atomic E-state index is 6.59. The zero-order valence-corrected chi connectivity index (χ0v) is 30.5. The average molecular weight is 727 g/mol. The lowest BCUT2D eigenvalue weighted by Gasteiger charge is -2.13. The third-order valence-electron chi connectivity index (χ3n) is 11.9. The van der Waals surface area contributed by atoms with E-state index in [1.807, 2.05) is 18.2 Å². The summed E-state index contributed by atoms with van der Waals surface area (Å²) in [5, 5.41) is 12.8. The van der Waals surface area contributed by atoms with Crippen molar-refractivity contribution in [1.29, 1.82) is 0 Å². The zero-order chi connectivity index (χ0) is 37.2. The van der Waals surface area contributed by atoms with Gasteiger partial charge in [-0.05, 0) is 76.1 Å². The number of rotatable bonds is 3. The lowest BCUT2D eigenvalue weighted by Crippen LogP contribution is -2.04. The molecule has 5 nitrogen and oxygen atoms in total. The van der Waals surface area contributed by atoms with Crippen LogP contribution in [0.1, 0.15) is 0 Å². The van der Waals surface area contributed by atoms with E-state index in [1.165, 1.54) is 48.7 Å². The van der Waals surface area contributed by atoms with E-state index in [-0.39, 0.29) is 0 Å². The molecule has 264 valence electrons. The van der Waals surface area contributed by atoms with Gasteiger partial charge in [-0.25, -0.2) is 9.97 Å². The summed E-state index contributed by atoms with van der Waals surface area (Å²) in [4.78, 5) is 10.9. The molecule has 57 heavy (non-hydrogen) atoms. The van der Waals surface area contributed by atoms with Crippen molar-refractivity contribution in [2.45, 2.75) is 0 Å². The van der Waals surface area contributed by atoms with Gasteiger partial charge in [0.1, 0.15) is 11.2 Å². The molecule has 0 aliphatic carbocycles. The summed E-state index contributed by atoms with van der Waals surface area (Å²) < 4.78 is 11.3. The highest BCUT2D eigenvalue weighted by Crippen LogP contribution is 2.42. The van der Waals surface area contributed by atoms with Gasteiger partial charge in [0, 0.05) is 49.0 Å². The van der Waals surface area contributed by atoms with E-state index in [9.17, 15) is 0 Å². The Labute approximate surface area is 325 Å². The monoisotopic (exact) mass is 726 g/mol. The molecule has 0 aliphatic heterocycles. The molecular weight excluding hydrogens is 697 g/mol. The Morgan fingerprint density at radius 3 is 1.98 bits per heavy atom. The molecule has 0 saturated carbocycles. The predicted molar refractivity (Wildman–Crippen MR) is 236 cm³/mol. The Balaban J connectivity index is 1.15. The van der Waals surface area contributed by atoms with Crippen LogP contribution < -0.4 is 0 Å². The first-order valence-corrected chi connectivity index (χ1v) is 19.3. The van der Waals surface area contributed by atoms with Crippen molar-refractivity contribution in [3.05, 3.63) is 182 Å². The fourth-order valence-electron chi connectivity index (χ4n) is 9.37. The van der Waals surface area contributed by atoms with Crippen LogP contribution in [0.5, 0.6) is 0 Å². The van der Waals surface area contributed by atoms with E-state index in [0.717, 1.165) is 66.2 Å². The van der Waals surface area contributed by atoms with Crippen molar-refractivity contribution in [2.75, 3.05) is 0 Å². The topological polar surface area (TPSA) is 48.8 Å². The van der Waals surface area contributed by atoms with Gasteiger partial charge in [-0.2, -0.15) is 0 Å². The molecule has 13 rings (SSSR count). The summed E-state index contributed by atoms with van der Waals surface area (Å²) >= 11 is 0. The molecule has 9 aromatic carbocycles. The van der Waals surface area contributed by atoms with Gasteiger partial charge in [-0.15, -0.1) is 0 Å². The molecule has 4 aromatic heterocycles. The second-order valence-corrected chi connectivity index (χ2v) is 15.0. The molecule has 0 radical (unpaired) electrons. The lowest BCUT2D eigenvalue weighted by atomic mass is 10.0. The number of furan rings is 1. The quantitative estimate of drug-likeness (QED) is 0.182. The van der Waals surface area contributed by atoms with Crippen LogP contribution in [-0.2, 0) is 0 Å². The molecule has 0 aliphatic rings. The van der Waals surface area contributed by atoms with Crippen molar-refractivity contribution in [3.63, 3.8) is 0 Å². The minimum absolute atomic E-state index is 0.609. The average Bonchev–Trinajstić information content (AvgIpc) is 3.92. The molecule has 0 atom stereocenters. The van der Waals surface area contributed by atoms with Crippen molar-refractivity contribution >= 4 is 98.0 Å². The van der Waals surface area contributed by atoms with Crippen molar-refractivity contribution in [3.8, 4) is 22.9 Å². The first kappa shape index (κ1) is 30.6. The minimum atomic E-state index is 0.609. The van der Waals surface area contributed by atoms with Gasteiger partial charge in [-0.1, -0.05) is 127 Å². The van der Waals surface area contributed by atoms with Gasteiger partial charge >= 0.3 is 0 Å². The van der Waals surface area contributed by atoms with E-state index >= 15 is 0 Å². The largest absolute Gasteiger partial charge is 0.455 e. The summed E-state index contributed by atoms with van der Waals surface area (Å²) in [6.07, 6.45) is 0. The van der Waals surface area contributed by atoms with Crippen LogP contribution in [0.4, 0.5) is 0 Å². The van der Waals surface area contributed by atoms with E-state index in [1.54, 1.807) is 0 Å². The Morgan fingerprint density at radius 1 is 0.386 bits per heavy atom. The molecule has 0 amide bonds. The second kappa shape index (κ2) is 11.4. The summed E-state index contributed by atoms with van der Waals surface area (Å²) in [6, 6.07) is 64.8. The van der Waals surface area contributed by atoms with Crippen LogP contribution in [0.25, 0.3) is 121 Å². The fraction of sp³-hybridized carbons (Fsp3) is 0. The first-order valence-electron chi connectivity index (χ1n) is 19.3. The third-order valence-corrected chi connectivity index (χ3v) is 11.9. The molecule has 0 fully saturated rings. The minimum Gasteiger partial charge on any atom is -0.455 e. The number of nitrogens with zero attached hydrogens (tertiary/aromatic N) is 4. The number of hydrogen-bond acceptors (Lipinski definition) is 3. The summed E-state index contributed by atoms with van der Waals surface area (Å²) in [6.45, 7) is 0. The number of hydrogen-bond donors (Lipinski definition) is 0. The van der Waals surface area contributed by atoms with Gasteiger partial charge in [0.05, 0.1) is 33.3 Å². The van der Waals surface area contributed by atoms with Crippen molar-refractivity contribution in [2.24, 2.45) is 0 Å². The molecule has 5 heteroatoms. The molecule has 0 spiro atoms. The highest BCUT2D eigenvalue weighted by atomic mass is 16.3. The van der Waals surface area contributed by atoms with Crippen molar-refractivity contribution < 1.29 is 4.42 Å². The standard InChI is InChI=1S/C52H30N4O/c1-2-14-33-29-46-42(28-32(33)13-1)36-16-6-9-22-44(36)55(46)34-25-26-40-47(30-34)56(45-27-24-31-12-3-4-15-35(31)49(40)45)52-53-43-21-8-5-18-39(43)50(54-52)41-20-11-19-38-37-17-7-10-23-48(37)57-51(38)41/h1-30H. The fourth-order valence-corrected chi connectivity index (χ4v) is 9.37. The molecule has 4 heterocycles. The molecule has 0 bridgehead atoms. The Kier molecular flexibility index (Phi) is 6.10. The van der Waals surface area contributed by atoms with Crippen LogP contribution in [-0.4, -0.2) is 19.1 Å². The van der Waals surface area contributed by atoms with Crippen molar-refractivity contribution in [1.82, 2.24) is 19.1 Å². The highest BCUT2D eigenvalue weighted by molar-refractivity contribution is 6.22. The molecule has 0 saturated heterocycles. The van der Waals surface area contributed by atoms with E-state index in [4.69, 9.17) is 14.4 Å². The summed E-state index contributed by atoms with van der Waals surface area (Å²) in [5.41, 5.74) is 9.82. The normalized spacial score (nSPS) is 12.2. The van der Waals surface area contributed by atoms with Gasteiger partial charge in [0.2, 0.25) is 5.95 Å². The van der Waals surface area contributed by atoms with E-state index < -0.39 is 0 Å². The van der Waals surface area contributed by atoms with E-state index in [0.29, 0.717) is 5.95 Å². The SMILES string of the molecule is c1ccc2cc3c(cc2c1)c1ccccc1n3-c1ccc2c3c4ccccc4ccc3n(-c3nc(-c4cccc5c4oc4ccccc45)c4ccccc4n3)c2c1. The van der Waals surface area contributed by atoms with Crippen LogP contribution >= 0.6 is 0 Å². The number of fused-ring (bicyclic) bond motifs is 13. The van der Waals surface area contributed by atoms with Gasteiger partial charge in [0.15, 0.2) is 0 Å². The summed E-state index contributed by atoms with van der Waals surface area (Å²) in [5.74, 6) is 0.609. The molecule has 13 aromatic rings. The Hall–Kier alpha value is -7.76. The predicted octanol–water partition coefficient (Wildman–Crippen LogP) is 13.7. The van der Waals surface area contributed by atoms with Gasteiger partial charge in [-0.3, -0.25) is 4.57 Å². The third kappa shape index (κ3) is 4.28. The van der Waals surface area contributed by atoms with Crippen LogP contribution in [0.3, 0.4) is 0 Å². The van der Waals surface area contributed by atoms with Crippen LogP contribution in [0.15, 0.2) is 186 Å². The first-order chi connectivity index (χ1) is 28.3. The molecule has 0 unspecified atom stereocenters. The van der Waals surface area contributed by atoms with Crippen LogP contribution in [0.2, 0.25) is 0 Å². The zero-order valence-electron chi connectivity index (χ0n) is 30.5. The smallest absolute Gasteiger partial charge is 0.235 e. The maximum absolute atomic E-state index is 6.59. The molecule has 0 N–H and O–H groups in total.